The molecule has 2 aromatic rings. The van der Waals surface area contributed by atoms with Crippen LogP contribution in [0, 0.1) is 0 Å². The second kappa shape index (κ2) is 4.22. The molecule has 0 atom stereocenters. The maximum atomic E-state index is 11.6. The summed E-state index contributed by atoms with van der Waals surface area (Å²) in [5.41, 5.74) is 1.13. The maximum Gasteiger partial charge on any atom is 0.293 e. The number of ether oxygens (including phenoxy) is 1. The Morgan fingerprint density at radius 3 is 2.65 bits per heavy atom. The van der Waals surface area contributed by atoms with E-state index in [1.165, 1.54) is 7.11 Å². The van der Waals surface area contributed by atoms with E-state index < -0.39 is 11.0 Å². The van der Waals surface area contributed by atoms with Crippen LogP contribution >= 0.6 is 11.6 Å². The number of ketones is 1. The fourth-order valence-electron chi connectivity index (χ4n) is 1.78. The first-order valence-electron chi connectivity index (χ1n) is 4.92. The third-order valence-corrected chi connectivity index (χ3v) is 2.79. The SMILES string of the molecule is COc1ccc2c(c1)c(C(=O)C(=O)Cl)cn2C. The first-order chi connectivity index (χ1) is 8.04. The van der Waals surface area contributed by atoms with Crippen molar-refractivity contribution in [2.45, 2.75) is 0 Å². The quantitative estimate of drug-likeness (QED) is 0.477. The van der Waals surface area contributed by atoms with E-state index in [0.717, 1.165) is 5.52 Å². The van der Waals surface area contributed by atoms with Gasteiger partial charge in [0.05, 0.1) is 12.7 Å². The van der Waals surface area contributed by atoms with Gasteiger partial charge in [0, 0.05) is 24.1 Å². The summed E-state index contributed by atoms with van der Waals surface area (Å²) in [6.07, 6.45) is 1.59. The standard InChI is InChI=1S/C12H10ClNO3/c1-14-6-9(11(15)12(13)16)8-5-7(17-2)3-4-10(8)14/h3-6H,1-2H3. The lowest BCUT2D eigenvalue weighted by molar-refractivity contribution is -0.108. The van der Waals surface area contributed by atoms with Crippen LogP contribution in [0.2, 0.25) is 0 Å². The second-order valence-corrected chi connectivity index (χ2v) is 3.98. The van der Waals surface area contributed by atoms with Crippen LogP contribution in [0.4, 0.5) is 0 Å². The summed E-state index contributed by atoms with van der Waals surface area (Å²) < 4.78 is 6.85. The molecular weight excluding hydrogens is 242 g/mol. The molecule has 0 aliphatic rings. The number of methoxy groups -OCH3 is 1. The van der Waals surface area contributed by atoms with Crippen molar-refractivity contribution >= 4 is 33.5 Å². The largest absolute Gasteiger partial charge is 0.497 e. The van der Waals surface area contributed by atoms with Crippen molar-refractivity contribution in [2.24, 2.45) is 7.05 Å². The monoisotopic (exact) mass is 251 g/mol. The van der Waals surface area contributed by atoms with Crippen LogP contribution < -0.4 is 4.74 Å². The molecule has 0 bridgehead atoms. The number of fused-ring (bicyclic) bond motifs is 1. The van der Waals surface area contributed by atoms with Gasteiger partial charge in [-0.25, -0.2) is 0 Å². The van der Waals surface area contributed by atoms with Crippen LogP contribution in [0.1, 0.15) is 10.4 Å². The summed E-state index contributed by atoms with van der Waals surface area (Å²) in [6, 6.07) is 5.32. The number of carbonyl (C=O) groups is 2. The topological polar surface area (TPSA) is 48.3 Å². The number of hydrogen-bond acceptors (Lipinski definition) is 3. The van der Waals surface area contributed by atoms with Gasteiger partial charge in [0.2, 0.25) is 5.78 Å². The third-order valence-electron chi connectivity index (χ3n) is 2.62. The number of halogens is 1. The summed E-state index contributed by atoms with van der Waals surface area (Å²) >= 11 is 5.22. The molecule has 88 valence electrons. The molecule has 0 unspecified atom stereocenters. The van der Waals surface area contributed by atoms with Crippen LogP contribution in [0.3, 0.4) is 0 Å². The van der Waals surface area contributed by atoms with Crippen LogP contribution in [-0.4, -0.2) is 22.7 Å². The molecule has 4 nitrogen and oxygen atoms in total. The van der Waals surface area contributed by atoms with Crippen molar-refractivity contribution < 1.29 is 14.3 Å². The number of Topliss-reactive ketones (excluding diaryl/α,β-unsaturated/α-hetero) is 1. The number of rotatable bonds is 3. The Morgan fingerprint density at radius 1 is 1.35 bits per heavy atom. The van der Waals surface area contributed by atoms with E-state index in [0.29, 0.717) is 16.7 Å². The lowest BCUT2D eigenvalue weighted by Crippen LogP contribution is -2.06. The van der Waals surface area contributed by atoms with Gasteiger partial charge in [-0.3, -0.25) is 9.59 Å². The van der Waals surface area contributed by atoms with Gasteiger partial charge in [-0.1, -0.05) is 0 Å². The Bertz CT molecular complexity index is 615. The summed E-state index contributed by atoms with van der Waals surface area (Å²) in [6.45, 7) is 0. The molecule has 0 N–H and O–H groups in total. The fourth-order valence-corrected chi connectivity index (χ4v) is 1.89. The van der Waals surface area contributed by atoms with Crippen LogP contribution in [0.5, 0.6) is 5.75 Å². The Balaban J connectivity index is 2.71. The minimum absolute atomic E-state index is 0.293. The minimum Gasteiger partial charge on any atom is -0.497 e. The molecule has 0 saturated heterocycles. The summed E-state index contributed by atoms with van der Waals surface area (Å²) in [7, 11) is 3.34. The molecule has 0 radical (unpaired) electrons. The molecule has 1 aromatic heterocycles. The first-order valence-corrected chi connectivity index (χ1v) is 5.29. The average molecular weight is 252 g/mol. The van der Waals surface area contributed by atoms with Crippen molar-refractivity contribution in [2.75, 3.05) is 7.11 Å². The molecular formula is C12H10ClNO3. The van der Waals surface area contributed by atoms with Gasteiger partial charge >= 0.3 is 0 Å². The Morgan fingerprint density at radius 2 is 2.06 bits per heavy atom. The van der Waals surface area contributed by atoms with Gasteiger partial charge in [-0.2, -0.15) is 0 Å². The van der Waals surface area contributed by atoms with E-state index in [9.17, 15) is 9.59 Å². The maximum absolute atomic E-state index is 11.6. The molecule has 0 amide bonds. The third kappa shape index (κ3) is 1.91. The van der Waals surface area contributed by atoms with E-state index in [1.54, 1.807) is 29.9 Å². The average Bonchev–Trinajstić information content (AvgIpc) is 2.65. The van der Waals surface area contributed by atoms with Gasteiger partial charge in [-0.05, 0) is 29.8 Å². The van der Waals surface area contributed by atoms with Gasteiger partial charge in [-0.15, -0.1) is 0 Å². The highest BCUT2D eigenvalue weighted by Crippen LogP contribution is 2.26. The van der Waals surface area contributed by atoms with Crippen LogP contribution in [0.25, 0.3) is 10.9 Å². The molecule has 2 rings (SSSR count). The van der Waals surface area contributed by atoms with Gasteiger partial charge < -0.3 is 9.30 Å². The zero-order valence-electron chi connectivity index (χ0n) is 9.36. The zero-order chi connectivity index (χ0) is 12.6. The number of nitrogens with zero attached hydrogens (tertiary/aromatic N) is 1. The predicted molar refractivity (Wildman–Crippen MR) is 64.7 cm³/mol. The summed E-state index contributed by atoms with van der Waals surface area (Å²) in [4.78, 5) is 22.6. The van der Waals surface area contributed by atoms with E-state index >= 15 is 0 Å². The highest BCUT2D eigenvalue weighted by molar-refractivity contribution is 6.83. The molecule has 0 saturated carbocycles. The van der Waals surface area contributed by atoms with E-state index in [2.05, 4.69) is 0 Å². The summed E-state index contributed by atoms with van der Waals surface area (Å²) in [5.74, 6) is -0.0784. The molecule has 17 heavy (non-hydrogen) atoms. The highest BCUT2D eigenvalue weighted by atomic mass is 35.5. The van der Waals surface area contributed by atoms with E-state index in [-0.39, 0.29) is 0 Å². The van der Waals surface area contributed by atoms with E-state index in [4.69, 9.17) is 16.3 Å². The smallest absolute Gasteiger partial charge is 0.293 e. The van der Waals surface area contributed by atoms with Crippen molar-refractivity contribution in [1.29, 1.82) is 0 Å². The zero-order valence-corrected chi connectivity index (χ0v) is 10.1. The van der Waals surface area contributed by atoms with E-state index in [1.807, 2.05) is 6.07 Å². The van der Waals surface area contributed by atoms with Crippen molar-refractivity contribution in [3.8, 4) is 5.75 Å². The first kappa shape index (κ1) is 11.7. The highest BCUT2D eigenvalue weighted by Gasteiger charge is 2.19. The van der Waals surface area contributed by atoms with Crippen LogP contribution in [0.15, 0.2) is 24.4 Å². The van der Waals surface area contributed by atoms with Gasteiger partial charge in [0.1, 0.15) is 5.75 Å². The number of hydrogen-bond donors (Lipinski definition) is 0. The Labute approximate surface area is 103 Å². The van der Waals surface area contributed by atoms with Gasteiger partial charge in [0.15, 0.2) is 0 Å². The number of benzene rings is 1. The van der Waals surface area contributed by atoms with Crippen molar-refractivity contribution in [1.82, 2.24) is 4.57 Å². The molecule has 0 fully saturated rings. The molecule has 5 heteroatoms. The normalized spacial score (nSPS) is 10.5. The molecule has 1 aromatic carbocycles. The predicted octanol–water partition coefficient (Wildman–Crippen LogP) is 2.13. The number of aryl methyl sites for hydroxylation is 1. The lowest BCUT2D eigenvalue weighted by Gasteiger charge is -2.00. The molecule has 0 aliphatic heterocycles. The fraction of sp³-hybridized carbons (Fsp3) is 0.167. The summed E-state index contributed by atoms with van der Waals surface area (Å²) in [5, 5.41) is -0.328. The molecule has 1 heterocycles. The van der Waals surface area contributed by atoms with Gasteiger partial charge in [0.25, 0.3) is 5.24 Å². The molecule has 0 aliphatic carbocycles. The molecule has 0 spiro atoms. The van der Waals surface area contributed by atoms with Crippen LogP contribution in [-0.2, 0) is 11.8 Å². The Hall–Kier alpha value is -1.81. The Kier molecular flexibility index (Phi) is 2.90. The second-order valence-electron chi connectivity index (χ2n) is 3.64. The number of aromatic nitrogens is 1. The van der Waals surface area contributed by atoms with Crippen molar-refractivity contribution in [3.63, 3.8) is 0 Å². The minimum atomic E-state index is -0.986. The lowest BCUT2D eigenvalue weighted by atomic mass is 10.1. The van der Waals surface area contributed by atoms with Crippen molar-refractivity contribution in [3.05, 3.63) is 30.0 Å². The number of carbonyl (C=O) groups excluding carboxylic acids is 2.